The summed E-state index contributed by atoms with van der Waals surface area (Å²) in [5.41, 5.74) is 1.31. The first-order chi connectivity index (χ1) is 6.54. The van der Waals surface area contributed by atoms with Crippen molar-refractivity contribution < 1.29 is 4.74 Å². The molecule has 0 atom stereocenters. The molecule has 0 aromatic heterocycles. The Morgan fingerprint density at radius 3 is 2.57 bits per heavy atom. The van der Waals surface area contributed by atoms with Gasteiger partial charge in [-0.1, -0.05) is 15.9 Å². The molecule has 0 unspecified atom stereocenters. The zero-order chi connectivity index (χ0) is 10.7. The Bertz CT molecular complexity index is 350. The lowest BCUT2D eigenvalue weighted by Gasteiger charge is -2.12. The zero-order valence-corrected chi connectivity index (χ0v) is 9.96. The van der Waals surface area contributed by atoms with Crippen molar-refractivity contribution in [3.8, 4) is 5.75 Å². The molecule has 76 valence electrons. The molecule has 0 saturated carbocycles. The Kier molecular flexibility index (Phi) is 3.63. The molecule has 0 N–H and O–H groups in total. The average Bonchev–Trinajstić information content (AvgIpc) is 2.10. The Hall–Kier alpha value is -0.900. The fourth-order valence-electron chi connectivity index (χ4n) is 1.07. The van der Waals surface area contributed by atoms with Crippen molar-refractivity contribution in [1.82, 2.24) is 0 Å². The third kappa shape index (κ3) is 2.54. The Balaban J connectivity index is 3.13. The first-order valence-electron chi connectivity index (χ1n) is 4.34. The molecule has 0 heterocycles. The summed E-state index contributed by atoms with van der Waals surface area (Å²) >= 11 is 3.38. The molecule has 0 bridgehead atoms. The van der Waals surface area contributed by atoms with E-state index in [1.165, 1.54) is 0 Å². The van der Waals surface area contributed by atoms with E-state index in [1.807, 2.05) is 20.8 Å². The summed E-state index contributed by atoms with van der Waals surface area (Å²) in [7, 11) is 0. The number of rotatable bonds is 3. The van der Waals surface area contributed by atoms with Crippen molar-refractivity contribution in [3.63, 3.8) is 0 Å². The van der Waals surface area contributed by atoms with Gasteiger partial charge in [0.15, 0.2) is 0 Å². The summed E-state index contributed by atoms with van der Waals surface area (Å²) in [5, 5.41) is 2.93. The molecule has 0 fully saturated rings. The van der Waals surface area contributed by atoms with E-state index in [0.717, 1.165) is 10.0 Å². The second-order valence-electron chi connectivity index (χ2n) is 3.33. The van der Waals surface area contributed by atoms with Gasteiger partial charge in [0.1, 0.15) is 11.4 Å². The molecule has 14 heavy (non-hydrogen) atoms. The Morgan fingerprint density at radius 1 is 1.43 bits per heavy atom. The minimum absolute atomic E-state index is 0.0325. The zero-order valence-electron chi connectivity index (χ0n) is 8.37. The van der Waals surface area contributed by atoms with Gasteiger partial charge in [-0.3, -0.25) is 0 Å². The molecule has 0 aliphatic carbocycles. The van der Waals surface area contributed by atoms with Crippen LogP contribution in [0.2, 0.25) is 0 Å². The van der Waals surface area contributed by atoms with Gasteiger partial charge in [0.05, 0.1) is 6.10 Å². The van der Waals surface area contributed by atoms with Crippen LogP contribution in [-0.2, 0) is 0 Å². The van der Waals surface area contributed by atoms with Gasteiger partial charge < -0.3 is 4.74 Å². The number of hydrogen-bond donors (Lipinski definition) is 0. The lowest BCUT2D eigenvalue weighted by molar-refractivity contribution is 0.243. The molecule has 0 aliphatic rings. The van der Waals surface area contributed by atoms with E-state index in [0.29, 0.717) is 11.4 Å². The predicted octanol–water partition coefficient (Wildman–Crippen LogP) is 3.94. The molecule has 0 spiro atoms. The van der Waals surface area contributed by atoms with Crippen LogP contribution in [0, 0.1) is 11.8 Å². The maximum atomic E-state index is 10.5. The van der Waals surface area contributed by atoms with E-state index in [9.17, 15) is 4.91 Å². The van der Waals surface area contributed by atoms with Crippen molar-refractivity contribution in [2.75, 3.05) is 0 Å². The van der Waals surface area contributed by atoms with Crippen LogP contribution in [0.3, 0.4) is 0 Å². The first kappa shape index (κ1) is 11.2. The summed E-state index contributed by atoms with van der Waals surface area (Å²) in [6, 6.07) is 3.47. The smallest absolute Gasteiger partial charge is 0.150 e. The van der Waals surface area contributed by atoms with Crippen molar-refractivity contribution in [1.29, 1.82) is 0 Å². The summed E-state index contributed by atoms with van der Waals surface area (Å²) in [6.45, 7) is 5.71. The van der Waals surface area contributed by atoms with Crippen LogP contribution in [0.5, 0.6) is 5.75 Å². The molecule has 0 saturated heterocycles. The summed E-state index contributed by atoms with van der Waals surface area (Å²) in [4.78, 5) is 10.5. The molecular weight excluding hydrogens is 246 g/mol. The maximum absolute atomic E-state index is 10.5. The van der Waals surface area contributed by atoms with Gasteiger partial charge in [0.25, 0.3) is 0 Å². The van der Waals surface area contributed by atoms with Gasteiger partial charge >= 0.3 is 0 Å². The van der Waals surface area contributed by atoms with Gasteiger partial charge in [-0.15, -0.1) is 4.91 Å². The summed E-state index contributed by atoms with van der Waals surface area (Å²) < 4.78 is 6.37. The van der Waals surface area contributed by atoms with E-state index in [4.69, 9.17) is 4.74 Å². The molecule has 0 aliphatic heterocycles. The molecular formula is C10H12BrNO2. The van der Waals surface area contributed by atoms with E-state index in [2.05, 4.69) is 21.1 Å². The number of hydrogen-bond acceptors (Lipinski definition) is 3. The average molecular weight is 258 g/mol. The minimum atomic E-state index is 0.0325. The lowest BCUT2D eigenvalue weighted by Crippen LogP contribution is -2.05. The molecule has 3 nitrogen and oxygen atoms in total. The second kappa shape index (κ2) is 4.55. The van der Waals surface area contributed by atoms with Crippen LogP contribution in [0.15, 0.2) is 21.8 Å². The van der Waals surface area contributed by atoms with Crippen molar-refractivity contribution in [2.24, 2.45) is 5.18 Å². The van der Waals surface area contributed by atoms with Crippen molar-refractivity contribution >= 4 is 21.6 Å². The standard InChI is InChI=1S/C10H12BrNO2/c1-6(2)14-10-5-8(11)7(3)4-9(10)12-13/h4-6H,1-3H3. The largest absolute Gasteiger partial charge is 0.489 e. The van der Waals surface area contributed by atoms with Crippen molar-refractivity contribution in [2.45, 2.75) is 26.9 Å². The van der Waals surface area contributed by atoms with E-state index < -0.39 is 0 Å². The van der Waals surface area contributed by atoms with Crippen LogP contribution >= 0.6 is 15.9 Å². The third-order valence-electron chi connectivity index (χ3n) is 1.70. The molecule has 1 aromatic carbocycles. The lowest BCUT2D eigenvalue weighted by atomic mass is 10.2. The quantitative estimate of drug-likeness (QED) is 0.770. The van der Waals surface area contributed by atoms with Crippen LogP contribution in [0.1, 0.15) is 19.4 Å². The summed E-state index contributed by atoms with van der Waals surface area (Å²) in [6.07, 6.45) is 0.0325. The van der Waals surface area contributed by atoms with Crippen LogP contribution in [0.25, 0.3) is 0 Å². The number of nitroso groups, excluding NO2 is 1. The molecule has 0 radical (unpaired) electrons. The highest BCUT2D eigenvalue weighted by Gasteiger charge is 2.09. The molecule has 4 heteroatoms. The fraction of sp³-hybridized carbons (Fsp3) is 0.400. The normalized spacial score (nSPS) is 10.4. The topological polar surface area (TPSA) is 38.7 Å². The number of aryl methyl sites for hydroxylation is 1. The highest BCUT2D eigenvalue weighted by atomic mass is 79.9. The predicted molar refractivity (Wildman–Crippen MR) is 60.1 cm³/mol. The highest BCUT2D eigenvalue weighted by Crippen LogP contribution is 2.33. The SMILES string of the molecule is Cc1cc(N=O)c(OC(C)C)cc1Br. The van der Waals surface area contributed by atoms with E-state index in [-0.39, 0.29) is 6.10 Å². The number of nitrogens with zero attached hydrogens (tertiary/aromatic N) is 1. The van der Waals surface area contributed by atoms with E-state index in [1.54, 1.807) is 12.1 Å². The molecule has 1 aromatic rings. The number of halogens is 1. The second-order valence-corrected chi connectivity index (χ2v) is 4.18. The van der Waals surface area contributed by atoms with Crippen LogP contribution in [-0.4, -0.2) is 6.10 Å². The number of benzene rings is 1. The van der Waals surface area contributed by atoms with Gasteiger partial charge in [-0.05, 0) is 43.6 Å². The van der Waals surface area contributed by atoms with Crippen LogP contribution in [0.4, 0.5) is 5.69 Å². The van der Waals surface area contributed by atoms with E-state index >= 15 is 0 Å². The third-order valence-corrected chi connectivity index (χ3v) is 2.56. The van der Waals surface area contributed by atoms with Gasteiger partial charge in [0, 0.05) is 4.47 Å². The fourth-order valence-corrected chi connectivity index (χ4v) is 1.39. The summed E-state index contributed by atoms with van der Waals surface area (Å²) in [5.74, 6) is 0.521. The molecule has 0 amide bonds. The first-order valence-corrected chi connectivity index (χ1v) is 5.14. The van der Waals surface area contributed by atoms with Crippen LogP contribution < -0.4 is 4.74 Å². The Labute approximate surface area is 91.6 Å². The number of ether oxygens (including phenoxy) is 1. The monoisotopic (exact) mass is 257 g/mol. The maximum Gasteiger partial charge on any atom is 0.150 e. The van der Waals surface area contributed by atoms with Gasteiger partial charge in [0.2, 0.25) is 0 Å². The Morgan fingerprint density at radius 2 is 2.07 bits per heavy atom. The van der Waals surface area contributed by atoms with Crippen molar-refractivity contribution in [3.05, 3.63) is 27.1 Å². The van der Waals surface area contributed by atoms with Gasteiger partial charge in [-0.2, -0.15) is 0 Å². The minimum Gasteiger partial charge on any atom is -0.489 e. The molecule has 1 rings (SSSR count). The highest BCUT2D eigenvalue weighted by molar-refractivity contribution is 9.10. The van der Waals surface area contributed by atoms with Gasteiger partial charge in [-0.25, -0.2) is 0 Å².